The number of hydrogen-bond donors (Lipinski definition) is 1. The summed E-state index contributed by atoms with van der Waals surface area (Å²) >= 11 is 0. The van der Waals surface area contributed by atoms with E-state index in [1.807, 2.05) is 42.6 Å². The molecule has 0 spiro atoms. The molecular formula is C29H34N8O2. The molecule has 4 aromatic rings. The molecule has 10 nitrogen and oxygen atoms in total. The molecule has 0 bridgehead atoms. The van der Waals surface area contributed by atoms with Crippen molar-refractivity contribution < 1.29 is 9.47 Å². The van der Waals surface area contributed by atoms with E-state index >= 15 is 0 Å². The first kappa shape index (κ1) is 25.1. The lowest BCUT2D eigenvalue weighted by molar-refractivity contribution is 0.282. The summed E-state index contributed by atoms with van der Waals surface area (Å²) in [7, 11) is 3.82. The largest absolute Gasteiger partial charge is 0.497 e. The Morgan fingerprint density at radius 3 is 2.31 bits per heavy atom. The number of rotatable bonds is 8. The Morgan fingerprint density at radius 2 is 1.59 bits per heavy atom. The smallest absolute Gasteiger partial charge is 0.319 e. The van der Waals surface area contributed by atoms with Crippen molar-refractivity contribution >= 4 is 34.0 Å². The monoisotopic (exact) mass is 526 g/mol. The van der Waals surface area contributed by atoms with Gasteiger partial charge >= 0.3 is 6.01 Å². The first-order valence-electron chi connectivity index (χ1n) is 13.5. The normalized spacial score (nSPS) is 16.1. The molecule has 0 radical (unpaired) electrons. The van der Waals surface area contributed by atoms with Gasteiger partial charge in [0.15, 0.2) is 0 Å². The molecule has 2 aliphatic heterocycles. The van der Waals surface area contributed by atoms with Crippen molar-refractivity contribution in [2.24, 2.45) is 0 Å². The van der Waals surface area contributed by atoms with E-state index in [2.05, 4.69) is 48.1 Å². The second-order valence-corrected chi connectivity index (χ2v) is 10.1. The predicted octanol–water partition coefficient (Wildman–Crippen LogP) is 4.10. The Hall–Kier alpha value is -4.18. The maximum atomic E-state index is 6.02. The molecule has 0 unspecified atom stereocenters. The van der Waals surface area contributed by atoms with Gasteiger partial charge in [0.1, 0.15) is 29.8 Å². The lowest BCUT2D eigenvalue weighted by Gasteiger charge is -2.33. The van der Waals surface area contributed by atoms with Crippen molar-refractivity contribution in [2.75, 3.05) is 68.5 Å². The van der Waals surface area contributed by atoms with Crippen LogP contribution in [0.1, 0.15) is 18.4 Å². The van der Waals surface area contributed by atoms with Crippen molar-refractivity contribution in [1.82, 2.24) is 24.8 Å². The molecule has 0 atom stereocenters. The number of methoxy groups -OCH3 is 1. The molecule has 10 heteroatoms. The molecule has 39 heavy (non-hydrogen) atoms. The highest BCUT2D eigenvalue weighted by molar-refractivity contribution is 5.91. The number of hydrogen-bond acceptors (Lipinski definition) is 10. The van der Waals surface area contributed by atoms with Gasteiger partial charge in [-0.25, -0.2) is 9.97 Å². The summed E-state index contributed by atoms with van der Waals surface area (Å²) in [5.74, 6) is 3.15. The first-order valence-corrected chi connectivity index (χ1v) is 13.5. The third-order valence-electron chi connectivity index (χ3n) is 7.35. The summed E-state index contributed by atoms with van der Waals surface area (Å²) in [6.07, 6.45) is 6.00. The van der Waals surface area contributed by atoms with E-state index in [0.717, 1.165) is 91.6 Å². The van der Waals surface area contributed by atoms with Crippen LogP contribution in [0.5, 0.6) is 11.8 Å². The maximum absolute atomic E-state index is 6.02. The maximum Gasteiger partial charge on any atom is 0.319 e. The molecule has 0 amide bonds. The van der Waals surface area contributed by atoms with Crippen LogP contribution in [0.4, 0.5) is 23.1 Å². The van der Waals surface area contributed by atoms with Crippen LogP contribution in [0, 0.1) is 0 Å². The van der Waals surface area contributed by atoms with Crippen LogP contribution in [0.2, 0.25) is 0 Å². The summed E-state index contributed by atoms with van der Waals surface area (Å²) in [5, 5.41) is 4.30. The Bertz CT molecular complexity index is 1400. The molecule has 2 fully saturated rings. The van der Waals surface area contributed by atoms with Crippen molar-refractivity contribution in [1.29, 1.82) is 0 Å². The Labute approximate surface area is 228 Å². The van der Waals surface area contributed by atoms with Crippen molar-refractivity contribution in [2.45, 2.75) is 19.4 Å². The molecule has 0 saturated carbocycles. The van der Waals surface area contributed by atoms with Crippen molar-refractivity contribution in [3.63, 3.8) is 0 Å². The molecule has 1 aromatic carbocycles. The van der Waals surface area contributed by atoms with E-state index in [4.69, 9.17) is 14.5 Å². The van der Waals surface area contributed by atoms with E-state index in [-0.39, 0.29) is 0 Å². The summed E-state index contributed by atoms with van der Waals surface area (Å²) in [6.45, 7) is 6.46. The number of nitrogens with one attached hydrogen (secondary N) is 1. The van der Waals surface area contributed by atoms with E-state index in [9.17, 15) is 0 Å². The molecule has 3 aromatic heterocycles. The lowest BCUT2D eigenvalue weighted by Crippen LogP contribution is -2.44. The molecular weight excluding hydrogens is 492 g/mol. The average Bonchev–Trinajstić information content (AvgIpc) is 3.52. The standard InChI is InChI=1S/C29H34N8O2/c1-35-13-15-36(16-14-35)22-7-10-26(30-18-22)33-27-17-24-25(19-31-27)32-29(34-28(24)37-11-3-4-12-37)39-20-21-5-8-23(38-2)9-6-21/h5-10,17-19H,3-4,11-16,20H2,1-2H3,(H,30,31,33). The number of aromatic nitrogens is 4. The topological polar surface area (TPSA) is 91.8 Å². The van der Waals surface area contributed by atoms with Gasteiger partial charge in [-0.2, -0.15) is 9.97 Å². The van der Waals surface area contributed by atoms with Crippen LogP contribution in [0.3, 0.4) is 0 Å². The SMILES string of the molecule is COc1ccc(COc2nc(N3CCCC3)c3cc(Nc4ccc(N5CCN(C)CC5)cn4)ncc3n2)cc1. The number of piperazine rings is 1. The van der Waals surface area contributed by atoms with Gasteiger partial charge in [0, 0.05) is 44.7 Å². The molecule has 2 aliphatic rings. The van der Waals surface area contributed by atoms with Gasteiger partial charge < -0.3 is 29.5 Å². The highest BCUT2D eigenvalue weighted by Crippen LogP contribution is 2.31. The van der Waals surface area contributed by atoms with Crippen LogP contribution >= 0.6 is 0 Å². The number of fused-ring (bicyclic) bond motifs is 1. The number of benzene rings is 1. The number of nitrogens with zero attached hydrogens (tertiary/aromatic N) is 7. The quantitative estimate of drug-likeness (QED) is 0.362. The first-order chi connectivity index (χ1) is 19.1. The van der Waals surface area contributed by atoms with E-state index in [1.165, 1.54) is 0 Å². The van der Waals surface area contributed by atoms with E-state index < -0.39 is 0 Å². The van der Waals surface area contributed by atoms with E-state index in [1.54, 1.807) is 13.3 Å². The van der Waals surface area contributed by atoms with Gasteiger partial charge in [-0.1, -0.05) is 12.1 Å². The van der Waals surface area contributed by atoms with Gasteiger partial charge in [-0.15, -0.1) is 0 Å². The van der Waals surface area contributed by atoms with Gasteiger partial charge in [-0.3, -0.25) is 0 Å². The van der Waals surface area contributed by atoms with Crippen LogP contribution in [0.15, 0.2) is 54.9 Å². The summed E-state index contributed by atoms with van der Waals surface area (Å²) in [6, 6.07) is 14.3. The zero-order valence-electron chi connectivity index (χ0n) is 22.5. The molecule has 2 saturated heterocycles. The number of likely N-dealkylation sites (N-methyl/N-ethyl adjacent to an activating group) is 1. The highest BCUT2D eigenvalue weighted by atomic mass is 16.5. The Kier molecular flexibility index (Phi) is 7.27. The minimum atomic E-state index is 0.351. The molecule has 6 rings (SSSR count). The third kappa shape index (κ3) is 5.80. The van der Waals surface area contributed by atoms with Gasteiger partial charge in [0.2, 0.25) is 0 Å². The molecule has 0 aliphatic carbocycles. The van der Waals surface area contributed by atoms with Crippen LogP contribution in [0.25, 0.3) is 10.9 Å². The number of anilines is 4. The van der Waals surface area contributed by atoms with Crippen molar-refractivity contribution in [3.05, 3.63) is 60.4 Å². The van der Waals surface area contributed by atoms with Crippen LogP contribution < -0.4 is 24.6 Å². The van der Waals surface area contributed by atoms with Crippen LogP contribution in [-0.4, -0.2) is 78.3 Å². The molecule has 5 heterocycles. The fourth-order valence-corrected chi connectivity index (χ4v) is 5.01. The average molecular weight is 527 g/mol. The van der Waals surface area contributed by atoms with Gasteiger partial charge in [0.25, 0.3) is 0 Å². The minimum Gasteiger partial charge on any atom is -0.497 e. The fraction of sp³-hybridized carbons (Fsp3) is 0.379. The van der Waals surface area contributed by atoms with Gasteiger partial charge in [0.05, 0.1) is 30.7 Å². The third-order valence-corrected chi connectivity index (χ3v) is 7.35. The zero-order valence-corrected chi connectivity index (χ0v) is 22.5. The zero-order chi connectivity index (χ0) is 26.6. The second kappa shape index (κ2) is 11.3. The number of pyridine rings is 2. The van der Waals surface area contributed by atoms with E-state index in [0.29, 0.717) is 18.4 Å². The number of ether oxygens (including phenoxy) is 2. The molecule has 1 N–H and O–H groups in total. The minimum absolute atomic E-state index is 0.351. The Morgan fingerprint density at radius 1 is 0.821 bits per heavy atom. The van der Waals surface area contributed by atoms with Crippen LogP contribution in [-0.2, 0) is 6.61 Å². The summed E-state index contributed by atoms with van der Waals surface area (Å²) < 4.78 is 11.3. The highest BCUT2D eigenvalue weighted by Gasteiger charge is 2.20. The van der Waals surface area contributed by atoms with Crippen molar-refractivity contribution in [3.8, 4) is 11.8 Å². The van der Waals surface area contributed by atoms with Gasteiger partial charge in [-0.05, 0) is 55.8 Å². The predicted molar refractivity (Wildman–Crippen MR) is 153 cm³/mol. The fourth-order valence-electron chi connectivity index (χ4n) is 5.01. The summed E-state index contributed by atoms with van der Waals surface area (Å²) in [5.41, 5.74) is 2.92. The Balaban J connectivity index is 1.21. The molecule has 202 valence electrons. The summed E-state index contributed by atoms with van der Waals surface area (Å²) in [4.78, 5) is 25.8. The second-order valence-electron chi connectivity index (χ2n) is 10.1. The lowest BCUT2D eigenvalue weighted by atomic mass is 10.2.